The van der Waals surface area contributed by atoms with Gasteiger partial charge in [-0.3, -0.25) is 0 Å². The van der Waals surface area contributed by atoms with E-state index < -0.39 is 0 Å². The molecule has 0 bridgehead atoms. The summed E-state index contributed by atoms with van der Waals surface area (Å²) in [5.41, 5.74) is 1.10. The maximum atomic E-state index is 9.63. The van der Waals surface area contributed by atoms with Crippen molar-refractivity contribution in [3.8, 4) is 11.5 Å². The molecule has 0 saturated carbocycles. The van der Waals surface area contributed by atoms with Crippen molar-refractivity contribution >= 4 is 0 Å². The average molecular weight is 389 g/mol. The van der Waals surface area contributed by atoms with E-state index in [1.165, 1.54) is 51.4 Å². The lowest BCUT2D eigenvalue weighted by Crippen LogP contribution is -2.36. The van der Waals surface area contributed by atoms with Crippen LogP contribution >= 0.6 is 0 Å². The maximum Gasteiger partial charge on any atom is 0.123 e. The minimum absolute atomic E-state index is 0.0470. The fourth-order valence-corrected chi connectivity index (χ4v) is 4.55. The van der Waals surface area contributed by atoms with E-state index in [9.17, 15) is 5.11 Å². The lowest BCUT2D eigenvalue weighted by atomic mass is 9.86. The van der Waals surface area contributed by atoms with Crippen molar-refractivity contribution in [3.05, 3.63) is 23.8 Å². The van der Waals surface area contributed by atoms with Gasteiger partial charge in [-0.2, -0.15) is 0 Å². The van der Waals surface area contributed by atoms with E-state index in [0.29, 0.717) is 5.75 Å². The third-order valence-electron chi connectivity index (χ3n) is 6.60. The number of ether oxygens (including phenoxy) is 1. The van der Waals surface area contributed by atoms with Gasteiger partial charge in [0.25, 0.3) is 0 Å². The highest BCUT2D eigenvalue weighted by molar-refractivity contribution is 5.41. The van der Waals surface area contributed by atoms with Crippen LogP contribution in [0, 0.1) is 17.8 Å². The highest BCUT2D eigenvalue weighted by Crippen LogP contribution is 2.37. The van der Waals surface area contributed by atoms with E-state index in [2.05, 4.69) is 34.6 Å². The van der Waals surface area contributed by atoms with E-state index in [-0.39, 0.29) is 5.60 Å². The van der Waals surface area contributed by atoms with Crippen molar-refractivity contribution in [2.45, 2.75) is 111 Å². The fourth-order valence-electron chi connectivity index (χ4n) is 4.55. The second-order valence-electron chi connectivity index (χ2n) is 10.2. The van der Waals surface area contributed by atoms with Crippen LogP contribution in [-0.2, 0) is 6.42 Å². The molecule has 2 nitrogen and oxygen atoms in total. The normalized spacial score (nSPS) is 21.2. The number of hydrogen-bond acceptors (Lipinski definition) is 2. The van der Waals surface area contributed by atoms with Crippen LogP contribution in [0.4, 0.5) is 0 Å². The highest BCUT2D eigenvalue weighted by Gasteiger charge is 2.31. The summed E-state index contributed by atoms with van der Waals surface area (Å²) in [4.78, 5) is 0. The Labute approximate surface area is 174 Å². The molecule has 0 spiro atoms. The summed E-state index contributed by atoms with van der Waals surface area (Å²) in [6.07, 6.45) is 14.1. The lowest BCUT2D eigenvalue weighted by molar-refractivity contribution is 0.0523. The van der Waals surface area contributed by atoms with E-state index >= 15 is 0 Å². The summed E-state index contributed by atoms with van der Waals surface area (Å²) in [7, 11) is 0. The third kappa shape index (κ3) is 8.05. The maximum absolute atomic E-state index is 9.63. The van der Waals surface area contributed by atoms with Crippen molar-refractivity contribution in [2.24, 2.45) is 17.8 Å². The Hall–Kier alpha value is -1.18. The fraction of sp³-hybridized carbons (Fsp3) is 0.769. The Morgan fingerprint density at radius 1 is 0.929 bits per heavy atom. The zero-order chi connectivity index (χ0) is 20.6. The smallest absolute Gasteiger partial charge is 0.123 e. The number of aryl methyl sites for hydroxylation is 1. The van der Waals surface area contributed by atoms with Crippen molar-refractivity contribution in [2.75, 3.05) is 0 Å². The van der Waals surface area contributed by atoms with Gasteiger partial charge in [-0.15, -0.1) is 0 Å². The summed E-state index contributed by atoms with van der Waals surface area (Å²) in [5.74, 6) is 3.86. The first kappa shape index (κ1) is 23.1. The summed E-state index contributed by atoms with van der Waals surface area (Å²) < 4.78 is 6.31. The predicted molar refractivity (Wildman–Crippen MR) is 120 cm³/mol. The minimum Gasteiger partial charge on any atom is -0.508 e. The van der Waals surface area contributed by atoms with Crippen molar-refractivity contribution in [1.29, 1.82) is 0 Å². The van der Waals surface area contributed by atoms with Crippen molar-refractivity contribution < 1.29 is 9.84 Å². The Morgan fingerprint density at radius 3 is 2.18 bits per heavy atom. The van der Waals surface area contributed by atoms with Crippen LogP contribution in [0.5, 0.6) is 11.5 Å². The number of hydrogen-bond donors (Lipinski definition) is 1. The summed E-state index contributed by atoms with van der Waals surface area (Å²) in [6.45, 7) is 11.8. The lowest BCUT2D eigenvalue weighted by Gasteiger charge is -2.36. The van der Waals surface area contributed by atoms with Gasteiger partial charge >= 0.3 is 0 Å². The molecule has 0 saturated heterocycles. The van der Waals surface area contributed by atoms with Crippen molar-refractivity contribution in [3.63, 3.8) is 0 Å². The predicted octanol–water partition coefficient (Wildman–Crippen LogP) is 7.92. The van der Waals surface area contributed by atoms with Crippen LogP contribution in [0.1, 0.15) is 104 Å². The third-order valence-corrected chi connectivity index (χ3v) is 6.60. The second kappa shape index (κ2) is 11.1. The monoisotopic (exact) mass is 388 g/mol. The van der Waals surface area contributed by atoms with Gasteiger partial charge in [-0.1, -0.05) is 72.6 Å². The van der Waals surface area contributed by atoms with E-state index in [0.717, 1.165) is 48.3 Å². The van der Waals surface area contributed by atoms with Gasteiger partial charge in [0.1, 0.15) is 17.1 Å². The minimum atomic E-state index is -0.0470. The number of fused-ring (bicyclic) bond motifs is 1. The molecule has 1 aromatic carbocycles. The largest absolute Gasteiger partial charge is 0.508 e. The first-order valence-corrected chi connectivity index (χ1v) is 11.8. The molecule has 1 aliphatic heterocycles. The number of phenolic OH excluding ortho intramolecular Hbond substituents is 1. The molecule has 0 aromatic heterocycles. The zero-order valence-corrected chi connectivity index (χ0v) is 19.1. The Kier molecular flexibility index (Phi) is 9.18. The van der Waals surface area contributed by atoms with E-state index in [1.54, 1.807) is 6.07 Å². The van der Waals surface area contributed by atoms with Crippen LogP contribution in [0.3, 0.4) is 0 Å². The zero-order valence-electron chi connectivity index (χ0n) is 19.1. The number of aromatic hydroxyl groups is 1. The van der Waals surface area contributed by atoms with Gasteiger partial charge in [0.15, 0.2) is 0 Å². The molecule has 160 valence electrons. The van der Waals surface area contributed by atoms with Crippen molar-refractivity contribution in [1.82, 2.24) is 0 Å². The van der Waals surface area contributed by atoms with Gasteiger partial charge in [0.2, 0.25) is 0 Å². The number of rotatable bonds is 12. The van der Waals surface area contributed by atoms with Crippen LogP contribution in [0.25, 0.3) is 0 Å². The van der Waals surface area contributed by atoms with Gasteiger partial charge in [0, 0.05) is 0 Å². The first-order chi connectivity index (χ1) is 13.3. The molecule has 0 fully saturated rings. The van der Waals surface area contributed by atoms with Crippen LogP contribution in [0.2, 0.25) is 0 Å². The quantitative estimate of drug-likeness (QED) is 0.394. The summed E-state index contributed by atoms with van der Waals surface area (Å²) in [5, 5.41) is 9.63. The SMILES string of the molecule is CC(C)CCC[C@@H](C)CCC[C@@H](C)CCC[C@]1(C)CCc2cc(O)ccc2O1. The van der Waals surface area contributed by atoms with Crippen LogP contribution in [-0.4, -0.2) is 10.7 Å². The van der Waals surface area contributed by atoms with Gasteiger partial charge in [0.05, 0.1) is 0 Å². The molecule has 2 heteroatoms. The molecule has 2 rings (SSSR count). The second-order valence-corrected chi connectivity index (χ2v) is 10.2. The van der Waals surface area contributed by atoms with Gasteiger partial charge in [-0.05, 0) is 74.1 Å². The summed E-state index contributed by atoms with van der Waals surface area (Å²) in [6, 6.07) is 5.50. The standard InChI is InChI=1S/C26H44O2/c1-20(2)9-6-10-21(3)11-7-12-22(4)13-8-17-26(5)18-16-23-19-24(27)14-15-25(23)28-26/h14-15,19-22,27H,6-13,16-18H2,1-5H3/t21-,22-,26-/m1/s1. The molecule has 0 amide bonds. The van der Waals surface area contributed by atoms with Gasteiger partial charge < -0.3 is 9.84 Å². The Bertz CT molecular complexity index is 580. The van der Waals surface area contributed by atoms with E-state index in [1.807, 2.05) is 12.1 Å². The topological polar surface area (TPSA) is 29.5 Å². The molecule has 1 heterocycles. The van der Waals surface area contributed by atoms with Crippen LogP contribution < -0.4 is 4.74 Å². The molecule has 28 heavy (non-hydrogen) atoms. The molecule has 1 N–H and O–H groups in total. The highest BCUT2D eigenvalue weighted by atomic mass is 16.5. The van der Waals surface area contributed by atoms with Gasteiger partial charge in [-0.25, -0.2) is 0 Å². The average Bonchev–Trinajstić information content (AvgIpc) is 2.61. The molecular weight excluding hydrogens is 344 g/mol. The Morgan fingerprint density at radius 2 is 1.54 bits per heavy atom. The van der Waals surface area contributed by atoms with Crippen LogP contribution in [0.15, 0.2) is 18.2 Å². The number of phenols is 1. The molecule has 0 aliphatic carbocycles. The summed E-state index contributed by atoms with van der Waals surface area (Å²) >= 11 is 0. The molecular formula is C26H44O2. The first-order valence-electron chi connectivity index (χ1n) is 11.8. The molecule has 3 atom stereocenters. The number of benzene rings is 1. The molecule has 0 unspecified atom stereocenters. The molecule has 0 radical (unpaired) electrons. The molecule has 1 aromatic rings. The molecule has 1 aliphatic rings. The van der Waals surface area contributed by atoms with E-state index in [4.69, 9.17) is 4.74 Å². The Balaban J connectivity index is 1.60.